The van der Waals surface area contributed by atoms with Crippen molar-refractivity contribution in [1.82, 2.24) is 0 Å². The molecule has 5 nitrogen and oxygen atoms in total. The molecule has 0 aliphatic rings. The van der Waals surface area contributed by atoms with Crippen LogP contribution in [0.2, 0.25) is 5.02 Å². The Morgan fingerprint density at radius 1 is 1.41 bits per heavy atom. The van der Waals surface area contributed by atoms with Gasteiger partial charge in [-0.1, -0.05) is 11.6 Å². The quantitative estimate of drug-likeness (QED) is 0.843. The second-order valence-electron chi connectivity index (χ2n) is 3.40. The highest BCUT2D eigenvalue weighted by atomic mass is 35.5. The maximum Gasteiger partial charge on any atom is 0.305 e. The Hall–Kier alpha value is -1.46. The van der Waals surface area contributed by atoms with Crippen LogP contribution in [0.4, 0.5) is 0 Å². The third kappa shape index (κ3) is 3.01. The van der Waals surface area contributed by atoms with Crippen molar-refractivity contribution in [2.24, 2.45) is 5.73 Å². The van der Waals surface area contributed by atoms with Crippen molar-refractivity contribution in [1.29, 1.82) is 0 Å². The van der Waals surface area contributed by atoms with Crippen molar-refractivity contribution < 1.29 is 19.4 Å². The second kappa shape index (κ2) is 5.75. The number of ether oxygens (including phenoxy) is 2. The van der Waals surface area contributed by atoms with E-state index in [0.29, 0.717) is 17.1 Å². The van der Waals surface area contributed by atoms with Crippen molar-refractivity contribution in [2.45, 2.75) is 12.5 Å². The van der Waals surface area contributed by atoms with Crippen molar-refractivity contribution in [2.75, 3.05) is 14.2 Å². The SMILES string of the molecule is COc1ccc(OC)c(C(N)CC(=O)O)c1Cl. The molecular formula is C11H14ClNO4. The Morgan fingerprint density at radius 3 is 2.41 bits per heavy atom. The summed E-state index contributed by atoms with van der Waals surface area (Å²) in [6, 6.07) is 2.53. The van der Waals surface area contributed by atoms with Crippen LogP contribution in [0.15, 0.2) is 12.1 Å². The lowest BCUT2D eigenvalue weighted by Gasteiger charge is -2.17. The van der Waals surface area contributed by atoms with Gasteiger partial charge in [-0.15, -0.1) is 0 Å². The molecule has 0 saturated heterocycles. The average molecular weight is 260 g/mol. The number of carbonyl (C=O) groups is 1. The van der Waals surface area contributed by atoms with Crippen molar-refractivity contribution in [3.05, 3.63) is 22.7 Å². The molecule has 0 aliphatic heterocycles. The topological polar surface area (TPSA) is 81.8 Å². The van der Waals surface area contributed by atoms with Gasteiger partial charge in [0.05, 0.1) is 25.7 Å². The standard InChI is InChI=1S/C11H14ClNO4/c1-16-7-3-4-8(17-2)11(12)10(7)6(13)5-9(14)15/h3-4,6H,5,13H2,1-2H3,(H,14,15). The summed E-state index contributed by atoms with van der Waals surface area (Å²) >= 11 is 6.09. The number of carboxylic acid groups (broad SMARTS) is 1. The van der Waals surface area contributed by atoms with Crippen molar-refractivity contribution in [3.63, 3.8) is 0 Å². The van der Waals surface area contributed by atoms with Gasteiger partial charge in [0.2, 0.25) is 0 Å². The highest BCUT2D eigenvalue weighted by molar-refractivity contribution is 6.33. The van der Waals surface area contributed by atoms with E-state index in [2.05, 4.69) is 0 Å². The fraction of sp³-hybridized carbons (Fsp3) is 0.364. The molecule has 1 atom stereocenters. The summed E-state index contributed by atoms with van der Waals surface area (Å²) in [5.74, 6) is -0.119. The Balaban J connectivity index is 3.22. The average Bonchev–Trinajstić information content (AvgIpc) is 2.27. The van der Waals surface area contributed by atoms with Gasteiger partial charge in [-0.3, -0.25) is 4.79 Å². The number of aliphatic carboxylic acids is 1. The fourth-order valence-electron chi connectivity index (χ4n) is 1.53. The monoisotopic (exact) mass is 259 g/mol. The van der Waals surface area contributed by atoms with Gasteiger partial charge in [0.1, 0.15) is 11.5 Å². The van der Waals surface area contributed by atoms with E-state index in [1.807, 2.05) is 0 Å². The van der Waals surface area contributed by atoms with Gasteiger partial charge >= 0.3 is 5.97 Å². The first kappa shape index (κ1) is 13.6. The highest BCUT2D eigenvalue weighted by Crippen LogP contribution is 2.38. The molecule has 0 saturated carbocycles. The molecule has 1 aromatic rings. The van der Waals surface area contributed by atoms with Crippen LogP contribution in [0.1, 0.15) is 18.0 Å². The lowest BCUT2D eigenvalue weighted by Crippen LogP contribution is -2.16. The van der Waals surface area contributed by atoms with Gasteiger partial charge in [0.15, 0.2) is 0 Å². The number of carboxylic acids is 1. The van der Waals surface area contributed by atoms with E-state index in [9.17, 15) is 4.79 Å². The predicted octanol–water partition coefficient (Wildman–Crippen LogP) is 1.83. The number of rotatable bonds is 5. The van der Waals surface area contributed by atoms with Crippen LogP contribution in [0.3, 0.4) is 0 Å². The molecule has 0 heterocycles. The molecule has 6 heteroatoms. The van der Waals surface area contributed by atoms with Gasteiger partial charge in [-0.2, -0.15) is 0 Å². The van der Waals surface area contributed by atoms with E-state index in [1.165, 1.54) is 14.2 Å². The molecule has 1 unspecified atom stereocenters. The second-order valence-corrected chi connectivity index (χ2v) is 3.78. The van der Waals surface area contributed by atoms with Crippen LogP contribution >= 0.6 is 11.6 Å². The molecule has 0 aromatic heterocycles. The first-order chi connectivity index (χ1) is 8.01. The van der Waals surface area contributed by atoms with Gasteiger partial charge in [0.25, 0.3) is 0 Å². The van der Waals surface area contributed by atoms with Crippen LogP contribution < -0.4 is 15.2 Å². The van der Waals surface area contributed by atoms with E-state index in [4.69, 9.17) is 31.9 Å². The molecule has 0 radical (unpaired) electrons. The zero-order valence-electron chi connectivity index (χ0n) is 9.57. The Morgan fingerprint density at radius 2 is 1.94 bits per heavy atom. The smallest absolute Gasteiger partial charge is 0.305 e. The number of nitrogens with two attached hydrogens (primary N) is 1. The van der Waals surface area contributed by atoms with E-state index in [1.54, 1.807) is 12.1 Å². The molecule has 0 spiro atoms. The zero-order valence-corrected chi connectivity index (χ0v) is 10.3. The summed E-state index contributed by atoms with van der Waals surface area (Å²) in [6.45, 7) is 0. The molecule has 1 aromatic carbocycles. The molecule has 0 bridgehead atoms. The van der Waals surface area contributed by atoms with Crippen LogP contribution in [-0.2, 0) is 4.79 Å². The molecule has 0 fully saturated rings. The summed E-state index contributed by atoms with van der Waals surface area (Å²) in [4.78, 5) is 10.7. The molecule has 17 heavy (non-hydrogen) atoms. The lowest BCUT2D eigenvalue weighted by atomic mass is 10.0. The maximum absolute atomic E-state index is 10.7. The first-order valence-corrected chi connectivity index (χ1v) is 5.26. The fourth-order valence-corrected chi connectivity index (χ4v) is 1.90. The van der Waals surface area contributed by atoms with Crippen LogP contribution in [0.5, 0.6) is 11.5 Å². The van der Waals surface area contributed by atoms with E-state index < -0.39 is 12.0 Å². The minimum atomic E-state index is -1.00. The van der Waals surface area contributed by atoms with Crippen LogP contribution in [0, 0.1) is 0 Å². The molecule has 1 rings (SSSR count). The predicted molar refractivity (Wildman–Crippen MR) is 63.7 cm³/mol. The van der Waals surface area contributed by atoms with Gasteiger partial charge < -0.3 is 20.3 Å². The summed E-state index contributed by atoms with van der Waals surface area (Å²) in [7, 11) is 2.94. The van der Waals surface area contributed by atoms with Gasteiger partial charge in [-0.05, 0) is 12.1 Å². The summed E-state index contributed by atoms with van der Waals surface area (Å²) < 4.78 is 10.2. The van der Waals surface area contributed by atoms with Crippen molar-refractivity contribution in [3.8, 4) is 11.5 Å². The molecule has 0 aliphatic carbocycles. The summed E-state index contributed by atoms with van der Waals surface area (Å²) in [6.07, 6.45) is -0.233. The normalized spacial score (nSPS) is 12.0. The third-order valence-corrected chi connectivity index (χ3v) is 2.70. The number of hydrogen-bond acceptors (Lipinski definition) is 4. The largest absolute Gasteiger partial charge is 0.496 e. The summed E-state index contributed by atoms with van der Waals surface area (Å²) in [5, 5.41) is 9.01. The summed E-state index contributed by atoms with van der Waals surface area (Å²) in [5.41, 5.74) is 6.24. The van der Waals surface area contributed by atoms with Crippen LogP contribution in [0.25, 0.3) is 0 Å². The Kier molecular flexibility index (Phi) is 4.60. The van der Waals surface area contributed by atoms with Gasteiger partial charge in [0, 0.05) is 11.6 Å². The molecule has 94 valence electrons. The first-order valence-electron chi connectivity index (χ1n) is 4.89. The van der Waals surface area contributed by atoms with Crippen LogP contribution in [-0.4, -0.2) is 25.3 Å². The number of benzene rings is 1. The third-order valence-electron chi connectivity index (χ3n) is 2.31. The van der Waals surface area contributed by atoms with E-state index in [-0.39, 0.29) is 11.4 Å². The molecular weight excluding hydrogens is 246 g/mol. The number of hydrogen-bond donors (Lipinski definition) is 2. The number of methoxy groups -OCH3 is 2. The Labute approximate surface area is 104 Å². The highest BCUT2D eigenvalue weighted by Gasteiger charge is 2.21. The van der Waals surface area contributed by atoms with E-state index in [0.717, 1.165) is 0 Å². The number of halogens is 1. The molecule has 0 amide bonds. The van der Waals surface area contributed by atoms with Gasteiger partial charge in [-0.25, -0.2) is 0 Å². The minimum Gasteiger partial charge on any atom is -0.496 e. The molecule has 3 N–H and O–H groups in total. The lowest BCUT2D eigenvalue weighted by molar-refractivity contribution is -0.137. The maximum atomic E-state index is 10.7. The Bertz CT molecular complexity index is 422. The van der Waals surface area contributed by atoms with E-state index >= 15 is 0 Å². The zero-order chi connectivity index (χ0) is 13.0. The minimum absolute atomic E-state index is 0.233. The van der Waals surface area contributed by atoms with Crippen molar-refractivity contribution >= 4 is 17.6 Å².